The lowest BCUT2D eigenvalue weighted by molar-refractivity contribution is 0.124. The topological polar surface area (TPSA) is 106 Å². The van der Waals surface area contributed by atoms with Crippen LogP contribution in [0.25, 0.3) is 0 Å². The normalized spacial score (nSPS) is 18.7. The monoisotopic (exact) mass is 397 g/mol. The van der Waals surface area contributed by atoms with Gasteiger partial charge < -0.3 is 9.05 Å². The van der Waals surface area contributed by atoms with Crippen LogP contribution in [0.5, 0.6) is 0 Å². The van der Waals surface area contributed by atoms with Crippen LogP contribution in [0.3, 0.4) is 0 Å². The fourth-order valence-electron chi connectivity index (χ4n) is 3.17. The molecular formula is C17H27N5O4S. The number of nitrogens with zero attached hydrogens (tertiary/aromatic N) is 5. The fraction of sp³-hybridized carbons (Fsp3) is 0.706. The van der Waals surface area contributed by atoms with Crippen LogP contribution in [0.2, 0.25) is 0 Å². The van der Waals surface area contributed by atoms with Gasteiger partial charge in [-0.3, -0.25) is 4.90 Å². The van der Waals surface area contributed by atoms with E-state index < -0.39 is 10.0 Å². The molecule has 10 heteroatoms. The minimum absolute atomic E-state index is 0.0717. The summed E-state index contributed by atoms with van der Waals surface area (Å²) in [7, 11) is -3.61. The van der Waals surface area contributed by atoms with Crippen LogP contribution in [0, 0.1) is 13.8 Å². The summed E-state index contributed by atoms with van der Waals surface area (Å²) in [5.74, 6) is 1.55. The molecule has 1 saturated heterocycles. The molecule has 0 amide bonds. The molecule has 0 saturated carbocycles. The molecule has 0 spiro atoms. The summed E-state index contributed by atoms with van der Waals surface area (Å²) in [6.45, 7) is 13.3. The first-order valence-electron chi connectivity index (χ1n) is 9.03. The summed E-state index contributed by atoms with van der Waals surface area (Å²) >= 11 is 0. The largest absolute Gasteiger partial charge is 0.360 e. The minimum atomic E-state index is -3.61. The van der Waals surface area contributed by atoms with Gasteiger partial charge in [-0.15, -0.1) is 0 Å². The van der Waals surface area contributed by atoms with Crippen LogP contribution >= 0.6 is 0 Å². The quantitative estimate of drug-likeness (QED) is 0.772. The van der Waals surface area contributed by atoms with Crippen molar-refractivity contribution >= 4 is 10.0 Å². The molecule has 0 radical (unpaired) electrons. The first kappa shape index (κ1) is 20.0. The highest BCUT2D eigenvalue weighted by Gasteiger charge is 2.35. The van der Waals surface area contributed by atoms with Crippen molar-refractivity contribution in [2.24, 2.45) is 0 Å². The van der Waals surface area contributed by atoms with E-state index in [2.05, 4.69) is 20.2 Å². The van der Waals surface area contributed by atoms with Gasteiger partial charge in [-0.25, -0.2) is 8.42 Å². The Balaban J connectivity index is 1.69. The third-order valence-electron chi connectivity index (χ3n) is 4.86. The van der Waals surface area contributed by atoms with Crippen molar-refractivity contribution in [3.63, 3.8) is 0 Å². The smallest absolute Gasteiger partial charge is 0.248 e. The van der Waals surface area contributed by atoms with E-state index in [1.807, 2.05) is 27.7 Å². The van der Waals surface area contributed by atoms with E-state index in [1.165, 1.54) is 4.31 Å². The van der Waals surface area contributed by atoms with E-state index >= 15 is 0 Å². The first-order valence-corrected chi connectivity index (χ1v) is 10.5. The van der Waals surface area contributed by atoms with Crippen molar-refractivity contribution in [2.75, 3.05) is 26.2 Å². The van der Waals surface area contributed by atoms with Crippen LogP contribution in [-0.2, 0) is 15.4 Å². The predicted octanol–water partition coefficient (Wildman–Crippen LogP) is 2.04. The maximum absolute atomic E-state index is 12.9. The highest BCUT2D eigenvalue weighted by Crippen LogP contribution is 2.27. The molecule has 9 nitrogen and oxygen atoms in total. The van der Waals surface area contributed by atoms with Gasteiger partial charge in [0, 0.05) is 31.6 Å². The summed E-state index contributed by atoms with van der Waals surface area (Å²) in [5.41, 5.74) is 0.214. The third-order valence-corrected chi connectivity index (χ3v) is 7.00. The molecule has 0 bridgehead atoms. The Kier molecular flexibility index (Phi) is 5.17. The molecule has 2 aromatic heterocycles. The second kappa shape index (κ2) is 6.99. The van der Waals surface area contributed by atoms with Crippen LogP contribution in [0.1, 0.15) is 56.9 Å². The minimum Gasteiger partial charge on any atom is -0.360 e. The van der Waals surface area contributed by atoms with Gasteiger partial charge >= 0.3 is 0 Å². The van der Waals surface area contributed by atoms with E-state index in [0.717, 1.165) is 0 Å². The lowest BCUT2D eigenvalue weighted by Gasteiger charge is -2.36. The number of sulfonamides is 1. The molecule has 0 N–H and O–H groups in total. The number of aromatic nitrogens is 3. The summed E-state index contributed by atoms with van der Waals surface area (Å²) < 4.78 is 37.8. The molecule has 0 aliphatic carbocycles. The van der Waals surface area contributed by atoms with Crippen LogP contribution in [-0.4, -0.2) is 59.1 Å². The maximum atomic E-state index is 12.9. The Morgan fingerprint density at radius 1 is 1.04 bits per heavy atom. The summed E-state index contributed by atoms with van der Waals surface area (Å²) in [6.07, 6.45) is 0. The number of rotatable bonds is 4. The van der Waals surface area contributed by atoms with Crippen LogP contribution < -0.4 is 0 Å². The Morgan fingerprint density at radius 2 is 1.67 bits per heavy atom. The Labute approximate surface area is 159 Å². The highest BCUT2D eigenvalue weighted by molar-refractivity contribution is 7.89. The SMILES string of the molecule is Cc1noc(C)c1S(=O)(=O)N1CCN(C(C)c2nc(C(C)(C)C)no2)CC1. The molecule has 2 aromatic rings. The summed E-state index contributed by atoms with van der Waals surface area (Å²) in [6, 6.07) is -0.0717. The molecule has 1 unspecified atom stereocenters. The van der Waals surface area contributed by atoms with Gasteiger partial charge in [-0.1, -0.05) is 31.1 Å². The molecule has 0 aromatic carbocycles. The molecular weight excluding hydrogens is 370 g/mol. The number of hydrogen-bond acceptors (Lipinski definition) is 8. The maximum Gasteiger partial charge on any atom is 0.248 e. The molecule has 150 valence electrons. The zero-order valence-electron chi connectivity index (χ0n) is 16.7. The molecule has 1 aliphatic rings. The summed E-state index contributed by atoms with van der Waals surface area (Å²) in [4.78, 5) is 6.84. The van der Waals surface area contributed by atoms with E-state index in [1.54, 1.807) is 13.8 Å². The van der Waals surface area contributed by atoms with Gasteiger partial charge in [-0.05, 0) is 20.8 Å². The Hall–Kier alpha value is -1.78. The average molecular weight is 398 g/mol. The lowest BCUT2D eigenvalue weighted by atomic mass is 9.96. The third kappa shape index (κ3) is 3.78. The predicted molar refractivity (Wildman–Crippen MR) is 97.7 cm³/mol. The Bertz CT molecular complexity index is 885. The van der Waals surface area contributed by atoms with Crippen molar-refractivity contribution in [1.82, 2.24) is 24.5 Å². The van der Waals surface area contributed by atoms with Crippen molar-refractivity contribution in [3.8, 4) is 0 Å². The molecule has 1 aliphatic heterocycles. The van der Waals surface area contributed by atoms with E-state index in [0.29, 0.717) is 49.3 Å². The van der Waals surface area contributed by atoms with Gasteiger partial charge in [0.15, 0.2) is 11.6 Å². The van der Waals surface area contributed by atoms with Crippen LogP contribution in [0.15, 0.2) is 13.9 Å². The first-order chi connectivity index (χ1) is 12.5. The molecule has 1 fully saturated rings. The molecule has 27 heavy (non-hydrogen) atoms. The van der Waals surface area contributed by atoms with Crippen molar-refractivity contribution < 1.29 is 17.5 Å². The second-order valence-electron chi connectivity index (χ2n) is 7.98. The Morgan fingerprint density at radius 3 is 2.15 bits per heavy atom. The van der Waals surface area contributed by atoms with E-state index in [4.69, 9.17) is 9.05 Å². The zero-order chi connectivity index (χ0) is 20.0. The molecule has 3 rings (SSSR count). The molecule has 3 heterocycles. The van der Waals surface area contributed by atoms with Gasteiger partial charge in [-0.2, -0.15) is 9.29 Å². The lowest BCUT2D eigenvalue weighted by Crippen LogP contribution is -2.49. The van der Waals surface area contributed by atoms with Gasteiger partial charge in [0.1, 0.15) is 10.6 Å². The zero-order valence-corrected chi connectivity index (χ0v) is 17.5. The molecule has 1 atom stereocenters. The van der Waals surface area contributed by atoms with Crippen LogP contribution in [0.4, 0.5) is 0 Å². The van der Waals surface area contributed by atoms with Gasteiger partial charge in [0.2, 0.25) is 15.9 Å². The van der Waals surface area contributed by atoms with E-state index in [-0.39, 0.29) is 16.4 Å². The number of piperazine rings is 1. The number of aryl methyl sites for hydroxylation is 2. The summed E-state index contributed by atoms with van der Waals surface area (Å²) in [5, 5.41) is 7.84. The van der Waals surface area contributed by atoms with Crippen molar-refractivity contribution in [1.29, 1.82) is 0 Å². The van der Waals surface area contributed by atoms with Crippen molar-refractivity contribution in [3.05, 3.63) is 23.2 Å². The second-order valence-corrected chi connectivity index (χ2v) is 9.85. The number of hydrogen-bond donors (Lipinski definition) is 0. The fourth-order valence-corrected chi connectivity index (χ4v) is 4.88. The van der Waals surface area contributed by atoms with Gasteiger partial charge in [0.05, 0.1) is 6.04 Å². The van der Waals surface area contributed by atoms with Crippen molar-refractivity contribution in [2.45, 2.75) is 57.9 Å². The highest BCUT2D eigenvalue weighted by atomic mass is 32.2. The van der Waals surface area contributed by atoms with Gasteiger partial charge in [0.25, 0.3) is 0 Å². The van der Waals surface area contributed by atoms with E-state index in [9.17, 15) is 8.42 Å². The standard InChI is InChI=1S/C17H27N5O4S/c1-11-14(13(3)25-19-11)27(23,24)22-9-7-21(8-10-22)12(2)15-18-16(20-26-15)17(4,5)6/h12H,7-10H2,1-6H3. The average Bonchev–Trinajstić information content (AvgIpc) is 3.21.